The molecule has 4 aromatic rings. The molecule has 0 saturated heterocycles. The highest BCUT2D eigenvalue weighted by atomic mass is 16.3. The van der Waals surface area contributed by atoms with Crippen LogP contribution >= 0.6 is 0 Å². The van der Waals surface area contributed by atoms with Crippen LogP contribution < -0.4 is 5.32 Å². The topological polar surface area (TPSA) is 139 Å². The van der Waals surface area contributed by atoms with Gasteiger partial charge in [0.15, 0.2) is 0 Å². The maximum Gasteiger partial charge on any atom is 0.216 e. The summed E-state index contributed by atoms with van der Waals surface area (Å²) in [5.74, 6) is 1.13. The fraction of sp³-hybridized carbons (Fsp3) is 0. The second kappa shape index (κ2) is 6.37. The summed E-state index contributed by atoms with van der Waals surface area (Å²) in [6, 6.07) is 14.4. The van der Waals surface area contributed by atoms with Crippen molar-refractivity contribution in [1.29, 1.82) is 5.26 Å². The number of benzene rings is 2. The van der Waals surface area contributed by atoms with Crippen molar-refractivity contribution in [3.8, 4) is 23.2 Å². The van der Waals surface area contributed by atoms with Gasteiger partial charge < -0.3 is 15.4 Å². The Bertz CT molecular complexity index is 1120. The molecule has 0 fully saturated rings. The van der Waals surface area contributed by atoms with Gasteiger partial charge in [-0.1, -0.05) is 0 Å². The number of anilines is 1. The van der Waals surface area contributed by atoms with Crippen LogP contribution in [0.4, 0.5) is 5.69 Å². The molecule has 2 heterocycles. The highest BCUT2D eigenvalue weighted by Crippen LogP contribution is 2.24. The third-order valence-electron chi connectivity index (χ3n) is 3.71. The summed E-state index contributed by atoms with van der Waals surface area (Å²) in [5, 5.41) is 34.9. The number of aromatic amines is 2. The van der Waals surface area contributed by atoms with Crippen LogP contribution in [-0.4, -0.2) is 35.7 Å². The Morgan fingerprint density at radius 2 is 2.04 bits per heavy atom. The summed E-state index contributed by atoms with van der Waals surface area (Å²) in [5.41, 5.74) is 3.55. The summed E-state index contributed by atoms with van der Waals surface area (Å²) in [6.07, 6.45) is 1.52. The third kappa shape index (κ3) is 2.94. The molecule has 4 rings (SSSR count). The molecule has 0 radical (unpaired) electrons. The monoisotopic (exact) mass is 344 g/mol. The maximum atomic E-state index is 9.39. The summed E-state index contributed by atoms with van der Waals surface area (Å²) < 4.78 is 0. The largest absolute Gasteiger partial charge is 0.508 e. The first-order valence-electron chi connectivity index (χ1n) is 7.63. The van der Waals surface area contributed by atoms with E-state index in [0.29, 0.717) is 5.82 Å². The number of nitrogens with zero attached hydrogens (tertiary/aromatic N) is 5. The minimum Gasteiger partial charge on any atom is -0.508 e. The van der Waals surface area contributed by atoms with Crippen LogP contribution in [0.25, 0.3) is 28.0 Å². The number of aromatic hydroxyl groups is 1. The van der Waals surface area contributed by atoms with Crippen LogP contribution in [0.2, 0.25) is 0 Å². The van der Waals surface area contributed by atoms with Crippen molar-refractivity contribution in [3.05, 3.63) is 54.5 Å². The quantitative estimate of drug-likeness (QED) is 0.417. The number of tetrazole rings is 1. The molecule has 9 heteroatoms. The third-order valence-corrected chi connectivity index (χ3v) is 3.71. The molecule has 26 heavy (non-hydrogen) atoms. The number of imidazole rings is 1. The van der Waals surface area contributed by atoms with Gasteiger partial charge in [-0.25, -0.2) is 4.98 Å². The number of nitrogens with one attached hydrogen (secondary N) is 3. The van der Waals surface area contributed by atoms with Gasteiger partial charge in [-0.3, -0.25) is 0 Å². The molecule has 0 bridgehead atoms. The molecule has 0 unspecified atom stereocenters. The minimum atomic E-state index is 0.207. The van der Waals surface area contributed by atoms with Crippen LogP contribution in [0.1, 0.15) is 5.82 Å². The molecule has 4 N–H and O–H groups in total. The lowest BCUT2D eigenvalue weighted by molar-refractivity contribution is 0.475. The molecule has 0 amide bonds. The maximum absolute atomic E-state index is 9.39. The Morgan fingerprint density at radius 3 is 2.77 bits per heavy atom. The number of rotatable bonds is 4. The SMILES string of the molecule is N#CC(=CNc1ccc2nc(-c3ccc(O)cc3)[nH]c2c1)c1nn[nH]n1. The highest BCUT2D eigenvalue weighted by molar-refractivity contribution is 5.83. The summed E-state index contributed by atoms with van der Waals surface area (Å²) in [7, 11) is 0. The number of nitriles is 1. The van der Waals surface area contributed by atoms with Crippen LogP contribution in [-0.2, 0) is 0 Å². The summed E-state index contributed by atoms with van der Waals surface area (Å²) in [6.45, 7) is 0. The molecule has 2 aromatic heterocycles. The van der Waals surface area contributed by atoms with E-state index in [-0.39, 0.29) is 17.1 Å². The van der Waals surface area contributed by atoms with E-state index in [1.54, 1.807) is 24.3 Å². The van der Waals surface area contributed by atoms with Crippen molar-refractivity contribution >= 4 is 22.3 Å². The molecule has 0 aliphatic carbocycles. The minimum absolute atomic E-state index is 0.207. The Balaban J connectivity index is 1.62. The normalized spacial score (nSPS) is 11.4. The molecular formula is C17H12N8O. The standard InChI is InChI=1S/C17H12N8O/c18-8-11(17-22-24-25-23-17)9-19-12-3-6-14-15(7-12)21-16(20-14)10-1-4-13(26)5-2-10/h1-7,9,19,26H,(H,20,21)(H,22,23,24,25). The van der Waals surface area contributed by atoms with Crippen molar-refractivity contribution in [1.82, 2.24) is 30.6 Å². The number of hydrogen-bond acceptors (Lipinski definition) is 7. The predicted octanol–water partition coefficient (Wildman–Crippen LogP) is 2.43. The van der Waals surface area contributed by atoms with Gasteiger partial charge in [0, 0.05) is 17.5 Å². The molecule has 0 spiro atoms. The Hall–Kier alpha value is -4.19. The van der Waals surface area contributed by atoms with Gasteiger partial charge in [0.25, 0.3) is 0 Å². The van der Waals surface area contributed by atoms with Gasteiger partial charge in [0.1, 0.15) is 23.2 Å². The first-order valence-corrected chi connectivity index (χ1v) is 7.63. The molecule has 0 saturated carbocycles. The molecule has 2 aromatic carbocycles. The zero-order valence-corrected chi connectivity index (χ0v) is 13.3. The van der Waals surface area contributed by atoms with Gasteiger partial charge in [0.05, 0.1) is 11.0 Å². The second-order valence-corrected chi connectivity index (χ2v) is 5.41. The van der Waals surface area contributed by atoms with Crippen molar-refractivity contribution in [3.63, 3.8) is 0 Å². The Labute approximate surface area is 147 Å². The van der Waals surface area contributed by atoms with E-state index in [4.69, 9.17) is 0 Å². The zero-order chi connectivity index (χ0) is 17.9. The fourth-order valence-electron chi connectivity index (χ4n) is 2.43. The zero-order valence-electron chi connectivity index (χ0n) is 13.3. The van der Waals surface area contributed by atoms with Gasteiger partial charge in [-0.05, 0) is 47.7 Å². The van der Waals surface area contributed by atoms with E-state index in [1.807, 2.05) is 24.3 Å². The summed E-state index contributed by atoms with van der Waals surface area (Å²) in [4.78, 5) is 7.78. The van der Waals surface area contributed by atoms with Crippen molar-refractivity contribution in [2.75, 3.05) is 5.32 Å². The number of H-pyrrole nitrogens is 2. The first-order chi connectivity index (χ1) is 12.7. The number of aromatic nitrogens is 6. The van der Waals surface area contributed by atoms with Crippen LogP contribution in [0.5, 0.6) is 5.75 Å². The summed E-state index contributed by atoms with van der Waals surface area (Å²) >= 11 is 0. The Kier molecular flexibility index (Phi) is 3.76. The van der Waals surface area contributed by atoms with Gasteiger partial charge in [0.2, 0.25) is 5.82 Å². The average molecular weight is 344 g/mol. The van der Waals surface area contributed by atoms with Crippen LogP contribution in [0, 0.1) is 11.3 Å². The van der Waals surface area contributed by atoms with E-state index < -0.39 is 0 Å². The van der Waals surface area contributed by atoms with Gasteiger partial charge in [-0.2, -0.15) is 10.5 Å². The van der Waals surface area contributed by atoms with Gasteiger partial charge >= 0.3 is 0 Å². The molecule has 126 valence electrons. The Morgan fingerprint density at radius 1 is 1.19 bits per heavy atom. The van der Waals surface area contributed by atoms with Crippen molar-refractivity contribution < 1.29 is 5.11 Å². The van der Waals surface area contributed by atoms with E-state index >= 15 is 0 Å². The van der Waals surface area contributed by atoms with Crippen LogP contribution in [0.15, 0.2) is 48.7 Å². The van der Waals surface area contributed by atoms with E-state index in [9.17, 15) is 10.4 Å². The van der Waals surface area contributed by atoms with E-state index in [2.05, 4.69) is 35.9 Å². The molecule has 0 aliphatic rings. The predicted molar refractivity (Wildman–Crippen MR) is 94.6 cm³/mol. The van der Waals surface area contributed by atoms with E-state index in [1.165, 1.54) is 6.20 Å². The fourth-order valence-corrected chi connectivity index (χ4v) is 2.43. The lowest BCUT2D eigenvalue weighted by atomic mass is 10.2. The van der Waals surface area contributed by atoms with E-state index in [0.717, 1.165) is 22.3 Å². The highest BCUT2D eigenvalue weighted by Gasteiger charge is 2.08. The van der Waals surface area contributed by atoms with Gasteiger partial charge in [-0.15, -0.1) is 10.2 Å². The number of allylic oxidation sites excluding steroid dienone is 1. The van der Waals surface area contributed by atoms with Crippen LogP contribution in [0.3, 0.4) is 0 Å². The number of hydrogen-bond donors (Lipinski definition) is 4. The van der Waals surface area contributed by atoms with Crippen molar-refractivity contribution in [2.24, 2.45) is 0 Å². The van der Waals surface area contributed by atoms with Crippen molar-refractivity contribution in [2.45, 2.75) is 0 Å². The number of fused-ring (bicyclic) bond motifs is 1. The number of phenolic OH excluding ortho intramolecular Hbond substituents is 1. The second-order valence-electron chi connectivity index (χ2n) is 5.41. The lowest BCUT2D eigenvalue weighted by Crippen LogP contribution is -1.92. The smallest absolute Gasteiger partial charge is 0.216 e. The molecule has 0 aliphatic heterocycles. The molecule has 0 atom stereocenters. The lowest BCUT2D eigenvalue weighted by Gasteiger charge is -2.00. The average Bonchev–Trinajstić information content (AvgIpc) is 3.32. The molecule has 9 nitrogen and oxygen atoms in total. The first kappa shape index (κ1) is 15.3. The number of phenols is 1. The molecular weight excluding hydrogens is 332 g/mol.